The highest BCUT2D eigenvalue weighted by Gasteiger charge is 2.07. The predicted molar refractivity (Wildman–Crippen MR) is 164 cm³/mol. The Morgan fingerprint density at radius 3 is 1.97 bits per heavy atom. The lowest BCUT2D eigenvalue weighted by Crippen LogP contribution is -2.01. The molecule has 0 heterocycles. The Hall–Kier alpha value is -2.58. The highest BCUT2D eigenvalue weighted by atomic mass is 14.5. The summed E-state index contributed by atoms with van der Waals surface area (Å²) in [7, 11) is 0. The topological polar surface area (TPSA) is 61.0 Å². The minimum Gasteiger partial charge on any atom is -0.399 e. The standard InChI is InChI=1S/C24H38.C5H8.C4H7N.H3N/c1-7-19(3)13-16-23(8-2)12-10-9-11-21(5)22(6)24-17-14-20(4)15-18-24;1-3-5-4-2;1-3-4(2)5;/h8,14-15,17-19,23H,2,7,9-13,16H2,1,3-6H3;3-5H,1H2,2H3;3H,1-2,5H2;1H3/b22-21-;5-4-;;. The monoisotopic (exact) mass is 480 g/mol. The van der Waals surface area contributed by atoms with Crippen LogP contribution in [-0.2, 0) is 0 Å². The summed E-state index contributed by atoms with van der Waals surface area (Å²) in [5.41, 5.74) is 11.2. The number of unbranched alkanes of at least 4 members (excludes halogenated alkanes) is 1. The van der Waals surface area contributed by atoms with Gasteiger partial charge in [-0.3, -0.25) is 0 Å². The number of nitrogens with two attached hydrogens (primary N) is 1. The summed E-state index contributed by atoms with van der Waals surface area (Å²) < 4.78 is 0. The van der Waals surface area contributed by atoms with Crippen LogP contribution in [0.1, 0.15) is 90.7 Å². The van der Waals surface area contributed by atoms with Crippen LogP contribution in [0.5, 0.6) is 0 Å². The van der Waals surface area contributed by atoms with E-state index < -0.39 is 0 Å². The molecule has 0 amide bonds. The Kier molecular flexibility index (Phi) is 25.9. The first-order chi connectivity index (χ1) is 16.2. The van der Waals surface area contributed by atoms with E-state index in [0.29, 0.717) is 11.6 Å². The molecule has 2 heteroatoms. The molecule has 2 atom stereocenters. The van der Waals surface area contributed by atoms with Crippen LogP contribution < -0.4 is 11.9 Å². The van der Waals surface area contributed by atoms with Crippen LogP contribution >= 0.6 is 0 Å². The van der Waals surface area contributed by atoms with Crippen molar-refractivity contribution in [3.8, 4) is 0 Å². The average Bonchev–Trinajstić information content (AvgIpc) is 2.84. The van der Waals surface area contributed by atoms with Gasteiger partial charge in [-0.25, -0.2) is 0 Å². The second kappa shape index (κ2) is 24.5. The Balaban J connectivity index is -0.000000784. The molecular formula is C33H56N2. The third-order valence-corrected chi connectivity index (χ3v) is 6.15. The fourth-order valence-corrected chi connectivity index (χ4v) is 3.25. The van der Waals surface area contributed by atoms with Gasteiger partial charge in [0.1, 0.15) is 0 Å². The molecule has 0 bridgehead atoms. The zero-order chi connectivity index (χ0) is 26.4. The van der Waals surface area contributed by atoms with E-state index in [0.717, 1.165) is 5.92 Å². The maximum atomic E-state index is 4.98. The highest BCUT2D eigenvalue weighted by Crippen LogP contribution is 2.24. The lowest BCUT2D eigenvalue weighted by molar-refractivity contribution is 0.422. The summed E-state index contributed by atoms with van der Waals surface area (Å²) in [6, 6.07) is 8.91. The number of benzene rings is 1. The van der Waals surface area contributed by atoms with Gasteiger partial charge in [0, 0.05) is 5.70 Å². The first-order valence-electron chi connectivity index (χ1n) is 12.8. The Morgan fingerprint density at radius 1 is 1.00 bits per heavy atom. The van der Waals surface area contributed by atoms with Gasteiger partial charge in [-0.2, -0.15) is 0 Å². The molecular weight excluding hydrogens is 424 g/mol. The van der Waals surface area contributed by atoms with Crippen molar-refractivity contribution in [2.45, 2.75) is 86.5 Å². The average molecular weight is 481 g/mol. The van der Waals surface area contributed by atoms with E-state index in [2.05, 4.69) is 91.3 Å². The van der Waals surface area contributed by atoms with Gasteiger partial charge in [0.2, 0.25) is 0 Å². The molecule has 5 N–H and O–H groups in total. The molecule has 35 heavy (non-hydrogen) atoms. The zero-order valence-electron chi connectivity index (χ0n) is 23.9. The predicted octanol–water partition coefficient (Wildman–Crippen LogP) is 10.5. The minimum atomic E-state index is 0. The maximum Gasteiger partial charge on any atom is 0.0234 e. The zero-order valence-corrected chi connectivity index (χ0v) is 23.9. The van der Waals surface area contributed by atoms with Gasteiger partial charge in [0.05, 0.1) is 0 Å². The van der Waals surface area contributed by atoms with Crippen LogP contribution in [0.2, 0.25) is 0 Å². The number of hydrogen-bond acceptors (Lipinski definition) is 2. The molecule has 0 spiro atoms. The molecule has 2 unspecified atom stereocenters. The van der Waals surface area contributed by atoms with E-state index in [4.69, 9.17) is 5.73 Å². The quantitative estimate of drug-likeness (QED) is 0.167. The van der Waals surface area contributed by atoms with Crippen molar-refractivity contribution >= 4 is 5.57 Å². The van der Waals surface area contributed by atoms with Crippen LogP contribution in [0.3, 0.4) is 0 Å². The fraction of sp³-hybridized carbons (Fsp3) is 0.455. The molecule has 0 radical (unpaired) electrons. The van der Waals surface area contributed by atoms with E-state index in [1.807, 2.05) is 19.1 Å². The molecule has 198 valence electrons. The summed E-state index contributed by atoms with van der Waals surface area (Å²) >= 11 is 0. The largest absolute Gasteiger partial charge is 0.399 e. The number of rotatable bonds is 13. The third kappa shape index (κ3) is 21.7. The van der Waals surface area contributed by atoms with Crippen molar-refractivity contribution in [1.82, 2.24) is 6.15 Å². The third-order valence-electron chi connectivity index (χ3n) is 6.15. The van der Waals surface area contributed by atoms with Crippen LogP contribution in [0, 0.1) is 18.8 Å². The van der Waals surface area contributed by atoms with Gasteiger partial charge in [-0.15, -0.1) is 6.58 Å². The molecule has 0 aliphatic heterocycles. The van der Waals surface area contributed by atoms with E-state index in [1.165, 1.54) is 73.3 Å². The first-order valence-corrected chi connectivity index (χ1v) is 12.8. The molecule has 0 saturated carbocycles. The van der Waals surface area contributed by atoms with Gasteiger partial charge in [0.15, 0.2) is 0 Å². The molecule has 0 aromatic heterocycles. The van der Waals surface area contributed by atoms with Crippen molar-refractivity contribution in [1.29, 1.82) is 0 Å². The van der Waals surface area contributed by atoms with Gasteiger partial charge in [0.25, 0.3) is 0 Å². The Labute approximate surface area is 219 Å². The summed E-state index contributed by atoms with van der Waals surface area (Å²) in [6.07, 6.45) is 18.3. The van der Waals surface area contributed by atoms with Gasteiger partial charge in [-0.05, 0) is 82.4 Å². The van der Waals surface area contributed by atoms with Gasteiger partial charge < -0.3 is 11.9 Å². The van der Waals surface area contributed by atoms with Crippen molar-refractivity contribution < 1.29 is 0 Å². The van der Waals surface area contributed by atoms with Crippen LogP contribution in [0.4, 0.5) is 0 Å². The summed E-state index contributed by atoms with van der Waals surface area (Å²) in [5, 5.41) is 0. The minimum absolute atomic E-state index is 0. The van der Waals surface area contributed by atoms with Crippen molar-refractivity contribution in [3.63, 3.8) is 0 Å². The fourth-order valence-electron chi connectivity index (χ4n) is 3.25. The molecule has 2 nitrogen and oxygen atoms in total. The van der Waals surface area contributed by atoms with Crippen molar-refractivity contribution in [2.75, 3.05) is 0 Å². The molecule has 1 aromatic carbocycles. The SMILES string of the molecule is C=C/C=C\C.C=CC(=C)N.C=CC(CCCC/C(C)=C(/C)c1ccc(C)cc1)CCC(C)CC.N. The second-order valence-corrected chi connectivity index (χ2v) is 9.14. The molecule has 0 fully saturated rings. The molecule has 0 aliphatic carbocycles. The normalized spacial score (nSPS) is 12.4. The Bertz CT molecular complexity index is 750. The number of aryl methyl sites for hydroxylation is 1. The molecule has 1 rings (SSSR count). The summed E-state index contributed by atoms with van der Waals surface area (Å²) in [6.45, 7) is 27.5. The lowest BCUT2D eigenvalue weighted by Gasteiger charge is -2.15. The molecule has 0 aliphatic rings. The van der Waals surface area contributed by atoms with E-state index in [-0.39, 0.29) is 6.15 Å². The summed E-state index contributed by atoms with van der Waals surface area (Å²) in [5.74, 6) is 1.57. The van der Waals surface area contributed by atoms with E-state index in [9.17, 15) is 0 Å². The van der Waals surface area contributed by atoms with Crippen LogP contribution in [-0.4, -0.2) is 0 Å². The Morgan fingerprint density at radius 2 is 1.57 bits per heavy atom. The van der Waals surface area contributed by atoms with Crippen LogP contribution in [0.15, 0.2) is 92.2 Å². The van der Waals surface area contributed by atoms with Gasteiger partial charge in [-0.1, -0.05) is 113 Å². The van der Waals surface area contributed by atoms with E-state index in [1.54, 1.807) is 6.08 Å². The second-order valence-electron chi connectivity index (χ2n) is 9.14. The van der Waals surface area contributed by atoms with Crippen molar-refractivity contribution in [3.05, 3.63) is 103 Å². The maximum absolute atomic E-state index is 4.98. The molecule has 0 saturated heterocycles. The van der Waals surface area contributed by atoms with Gasteiger partial charge >= 0.3 is 0 Å². The smallest absolute Gasteiger partial charge is 0.0234 e. The van der Waals surface area contributed by atoms with Crippen molar-refractivity contribution in [2.24, 2.45) is 17.6 Å². The molecule has 1 aromatic rings. The first kappa shape index (κ1) is 37.0. The number of hydrogen-bond donors (Lipinski definition) is 2. The summed E-state index contributed by atoms with van der Waals surface area (Å²) in [4.78, 5) is 0. The van der Waals surface area contributed by atoms with Crippen LogP contribution in [0.25, 0.3) is 5.57 Å². The van der Waals surface area contributed by atoms with E-state index >= 15 is 0 Å². The number of allylic oxidation sites excluding steroid dienone is 7. The lowest BCUT2D eigenvalue weighted by atomic mass is 9.91. The highest BCUT2D eigenvalue weighted by molar-refractivity contribution is 5.66.